The van der Waals surface area contributed by atoms with E-state index in [1.54, 1.807) is 34.0 Å². The van der Waals surface area contributed by atoms with Gasteiger partial charge in [-0.25, -0.2) is 4.79 Å². The van der Waals surface area contributed by atoms with E-state index in [9.17, 15) is 28.8 Å². The minimum absolute atomic E-state index is 0.0594. The highest BCUT2D eigenvalue weighted by Crippen LogP contribution is 2.44. The highest BCUT2D eigenvalue weighted by molar-refractivity contribution is 5.90. The van der Waals surface area contributed by atoms with E-state index >= 15 is 4.79 Å². The van der Waals surface area contributed by atoms with Crippen molar-refractivity contribution in [3.05, 3.63) is 36.0 Å². The molecule has 4 aliphatic rings. The van der Waals surface area contributed by atoms with Gasteiger partial charge in [-0.2, -0.15) is 0 Å². The van der Waals surface area contributed by atoms with Gasteiger partial charge >= 0.3 is 29.8 Å². The zero-order valence-electron chi connectivity index (χ0n) is 43.0. The number of fused-ring (bicyclic) bond motifs is 3. The van der Waals surface area contributed by atoms with Crippen LogP contribution in [-0.4, -0.2) is 135 Å². The Morgan fingerprint density at radius 3 is 1.99 bits per heavy atom. The number of esters is 5. The van der Waals surface area contributed by atoms with E-state index < -0.39 is 114 Å². The SMILES string of the molecule is C=CCC1/C=C(\C)CC(C)CC(OC)C2OC(OC(C)=O)(C(C)CC2OC)C(OC(C)=O)C(=O)N2CCCCC2C(=O)OC(C(C)=CC2CCC(OC(C)=O)C(OC)C2)C(C)C(OC(C)=O)CC1=O. The van der Waals surface area contributed by atoms with Gasteiger partial charge in [0.2, 0.25) is 6.10 Å². The molecule has 17 nitrogen and oxygen atoms in total. The Labute approximate surface area is 408 Å². The minimum Gasteiger partial charge on any atom is -0.462 e. The number of carbonyl (C=O) groups is 7. The molecular formula is C52H79NO16. The third-order valence-corrected chi connectivity index (χ3v) is 14.2. The second-order valence-electron chi connectivity index (χ2n) is 19.7. The average Bonchev–Trinajstić information content (AvgIpc) is 3.28. The number of methoxy groups -OCH3 is 3. The summed E-state index contributed by atoms with van der Waals surface area (Å²) in [6.07, 6.45) is 2.59. The normalized spacial score (nSPS) is 36.5. The van der Waals surface area contributed by atoms with Gasteiger partial charge in [-0.3, -0.25) is 28.8 Å². The number of allylic oxidation sites excluding steroid dienone is 4. The summed E-state index contributed by atoms with van der Waals surface area (Å²) >= 11 is 0. The third kappa shape index (κ3) is 15.0. The predicted octanol–water partition coefficient (Wildman–Crippen LogP) is 6.71. The molecule has 3 heterocycles. The van der Waals surface area contributed by atoms with Crippen molar-refractivity contribution in [2.24, 2.45) is 29.6 Å². The van der Waals surface area contributed by atoms with Crippen molar-refractivity contribution in [1.82, 2.24) is 4.90 Å². The maximum absolute atomic E-state index is 15.3. The number of ether oxygens (including phenoxy) is 9. The summed E-state index contributed by atoms with van der Waals surface area (Å²) in [7, 11) is 4.61. The van der Waals surface area contributed by atoms with E-state index in [-0.39, 0.29) is 43.4 Å². The molecule has 3 fully saturated rings. The molecule has 2 saturated heterocycles. The van der Waals surface area contributed by atoms with Crippen molar-refractivity contribution in [1.29, 1.82) is 0 Å². The summed E-state index contributed by atoms with van der Waals surface area (Å²) in [5, 5.41) is 0. The summed E-state index contributed by atoms with van der Waals surface area (Å²) in [5.41, 5.74) is 1.52. The highest BCUT2D eigenvalue weighted by Gasteiger charge is 2.62. The average molecular weight is 974 g/mol. The molecule has 15 unspecified atom stereocenters. The van der Waals surface area contributed by atoms with Crippen LogP contribution in [0.3, 0.4) is 0 Å². The fourth-order valence-corrected chi connectivity index (χ4v) is 10.9. The van der Waals surface area contributed by atoms with E-state index in [4.69, 9.17) is 42.6 Å². The van der Waals surface area contributed by atoms with Crippen LogP contribution in [0.4, 0.5) is 0 Å². The molecule has 0 radical (unpaired) electrons. The smallest absolute Gasteiger partial charge is 0.329 e. The van der Waals surface area contributed by atoms with Crippen LogP contribution in [0, 0.1) is 29.6 Å². The number of rotatable bonds is 11. The van der Waals surface area contributed by atoms with Crippen LogP contribution in [-0.2, 0) is 76.2 Å². The fraction of sp³-hybridized carbons (Fsp3) is 0.750. The van der Waals surface area contributed by atoms with Crippen LogP contribution in [0.2, 0.25) is 0 Å². The monoisotopic (exact) mass is 974 g/mol. The number of hydrogen-bond acceptors (Lipinski definition) is 16. The second-order valence-corrected chi connectivity index (χ2v) is 19.7. The van der Waals surface area contributed by atoms with Crippen molar-refractivity contribution in [3.63, 3.8) is 0 Å². The van der Waals surface area contributed by atoms with Crippen LogP contribution in [0.5, 0.6) is 0 Å². The van der Waals surface area contributed by atoms with E-state index in [0.29, 0.717) is 56.9 Å². The molecule has 4 rings (SSSR count). The molecular weight excluding hydrogens is 895 g/mol. The van der Waals surface area contributed by atoms with Gasteiger partial charge in [-0.15, -0.1) is 6.58 Å². The molecule has 1 aliphatic carbocycles. The Morgan fingerprint density at radius 2 is 1.39 bits per heavy atom. The number of cyclic esters (lactones) is 1. The van der Waals surface area contributed by atoms with Crippen molar-refractivity contribution in [2.45, 2.75) is 194 Å². The topological polar surface area (TPSA) is 206 Å². The number of carbonyl (C=O) groups excluding carboxylic acids is 7. The zero-order chi connectivity index (χ0) is 51.3. The van der Waals surface area contributed by atoms with Gasteiger partial charge in [0, 0.05) is 79.7 Å². The Hall–Kier alpha value is -4.45. The molecule has 0 aromatic carbocycles. The van der Waals surface area contributed by atoms with Crippen molar-refractivity contribution in [3.8, 4) is 0 Å². The summed E-state index contributed by atoms with van der Waals surface area (Å²) in [5.74, 6) is -9.05. The molecule has 0 aromatic rings. The fourth-order valence-electron chi connectivity index (χ4n) is 10.9. The summed E-state index contributed by atoms with van der Waals surface area (Å²) in [6.45, 7) is 18.2. The molecule has 0 N–H and O–H groups in total. The standard InChI is InChI=1S/C52H79NO16/c1-14-17-39-23-29(2)22-30(3)24-45(62-12)48-46(63-13)26-32(5)52(69-48,68-37(10)57)49(66-36(9)56)50(59)53-21-16-15-18-40(53)51(60)67-47(33(6)43(28-41(39)58)65-35(8)55)31(4)25-38-19-20-42(64-34(7)54)44(27-38)61-11/h14,23,25,30,32-33,38-40,42-49H,1,15-22,24,26-28H2,2-13H3/b29-23+,31-25?. The highest BCUT2D eigenvalue weighted by atomic mass is 16.8. The summed E-state index contributed by atoms with van der Waals surface area (Å²) in [6, 6.07) is -1.21. The van der Waals surface area contributed by atoms with E-state index in [1.165, 1.54) is 39.9 Å². The van der Waals surface area contributed by atoms with E-state index in [2.05, 4.69) is 6.58 Å². The lowest BCUT2D eigenvalue weighted by atomic mass is 9.81. The maximum atomic E-state index is 15.3. The number of Topliss-reactive ketones (excluding diaryl/α,β-unsaturated/α-hetero) is 1. The molecule has 69 heavy (non-hydrogen) atoms. The number of ketones is 1. The number of amides is 1. The molecule has 2 bridgehead atoms. The van der Waals surface area contributed by atoms with Gasteiger partial charge in [-0.05, 0) is 95.5 Å². The van der Waals surface area contributed by atoms with Gasteiger partial charge in [0.25, 0.3) is 11.7 Å². The lowest BCUT2D eigenvalue weighted by molar-refractivity contribution is -0.349. The third-order valence-electron chi connectivity index (χ3n) is 14.2. The summed E-state index contributed by atoms with van der Waals surface area (Å²) < 4.78 is 54.7. The van der Waals surface area contributed by atoms with Crippen LogP contribution in [0.25, 0.3) is 0 Å². The van der Waals surface area contributed by atoms with Gasteiger partial charge in [0.15, 0.2) is 0 Å². The van der Waals surface area contributed by atoms with Crippen molar-refractivity contribution in [2.75, 3.05) is 27.9 Å². The van der Waals surface area contributed by atoms with Gasteiger partial charge < -0.3 is 47.5 Å². The van der Waals surface area contributed by atoms with Crippen molar-refractivity contribution < 1.29 is 76.2 Å². The lowest BCUT2D eigenvalue weighted by Gasteiger charge is -2.51. The largest absolute Gasteiger partial charge is 0.462 e. The Kier molecular flexibility index (Phi) is 21.6. The molecule has 0 aromatic heterocycles. The maximum Gasteiger partial charge on any atom is 0.329 e. The van der Waals surface area contributed by atoms with Gasteiger partial charge in [-0.1, -0.05) is 44.6 Å². The molecule has 1 saturated carbocycles. The van der Waals surface area contributed by atoms with Crippen LogP contribution in [0.1, 0.15) is 133 Å². The second kappa shape index (κ2) is 26.1. The Morgan fingerprint density at radius 1 is 0.768 bits per heavy atom. The molecule has 1 amide bonds. The quantitative estimate of drug-likeness (QED) is 0.120. The first-order valence-electron chi connectivity index (χ1n) is 24.6. The molecule has 3 aliphatic heterocycles. The predicted molar refractivity (Wildman–Crippen MR) is 252 cm³/mol. The molecule has 17 heteroatoms. The zero-order valence-corrected chi connectivity index (χ0v) is 43.0. The van der Waals surface area contributed by atoms with E-state index in [1.807, 2.05) is 26.0 Å². The van der Waals surface area contributed by atoms with Crippen LogP contribution < -0.4 is 0 Å². The number of hydrogen-bond donors (Lipinski definition) is 0. The molecule has 0 spiro atoms. The van der Waals surface area contributed by atoms with Crippen LogP contribution in [0.15, 0.2) is 36.0 Å². The van der Waals surface area contributed by atoms with Gasteiger partial charge in [0.05, 0.1) is 18.3 Å². The number of nitrogens with zero attached hydrogens (tertiary/aromatic N) is 1. The van der Waals surface area contributed by atoms with E-state index in [0.717, 1.165) is 12.5 Å². The van der Waals surface area contributed by atoms with Crippen LogP contribution >= 0.6 is 0 Å². The lowest BCUT2D eigenvalue weighted by Crippen LogP contribution is -2.68. The van der Waals surface area contributed by atoms with Gasteiger partial charge in [0.1, 0.15) is 36.2 Å². The first-order valence-corrected chi connectivity index (χ1v) is 24.6. The minimum atomic E-state index is -2.19. The molecule has 15 atom stereocenters. The summed E-state index contributed by atoms with van der Waals surface area (Å²) in [4.78, 5) is 97.1. The first kappa shape index (κ1) is 57.1. The van der Waals surface area contributed by atoms with Crippen molar-refractivity contribution >= 4 is 41.5 Å². The first-order chi connectivity index (χ1) is 32.6. The number of piperidine rings is 1. The molecule has 388 valence electrons. The Bertz CT molecular complexity index is 1900. The Balaban J connectivity index is 1.94.